The largest absolute Gasteiger partial charge is 0.414 e. The van der Waals surface area contributed by atoms with Crippen LogP contribution in [0.5, 0.6) is 0 Å². The van der Waals surface area contributed by atoms with E-state index >= 15 is 0 Å². The van der Waals surface area contributed by atoms with Gasteiger partial charge in [-0.1, -0.05) is 29.8 Å². The normalized spacial score (nSPS) is 23.0. The Labute approximate surface area is 88.0 Å². The van der Waals surface area contributed by atoms with Gasteiger partial charge in [0.2, 0.25) is 4.53 Å². The van der Waals surface area contributed by atoms with Crippen LogP contribution in [0.3, 0.4) is 0 Å². The van der Waals surface area contributed by atoms with E-state index in [2.05, 4.69) is 0 Å². The van der Waals surface area contributed by atoms with Gasteiger partial charge in [-0.05, 0) is 0 Å². The van der Waals surface area contributed by atoms with Crippen molar-refractivity contribution < 1.29 is 26.3 Å². The van der Waals surface area contributed by atoms with E-state index in [1.807, 2.05) is 0 Å². The van der Waals surface area contributed by atoms with Gasteiger partial charge in [0, 0.05) is 0 Å². The van der Waals surface area contributed by atoms with Gasteiger partial charge in [-0.15, -0.1) is 0 Å². The molecular formula is C8H11AlF6. The third-order valence-electron chi connectivity index (χ3n) is 2.95. The lowest BCUT2D eigenvalue weighted by atomic mass is 10.3. The highest BCUT2D eigenvalue weighted by atomic mass is 27.2. The van der Waals surface area contributed by atoms with E-state index in [0.29, 0.717) is 12.8 Å². The summed E-state index contributed by atoms with van der Waals surface area (Å²) in [5, 5.41) is 0.0562. The van der Waals surface area contributed by atoms with Crippen LogP contribution in [0.2, 0.25) is 10.6 Å². The number of alkyl halides is 6. The summed E-state index contributed by atoms with van der Waals surface area (Å²) in [6.07, 6.45) is -7.74. The smallest absolute Gasteiger partial charge is 0.245 e. The predicted octanol–water partition coefficient (Wildman–Crippen LogP) is 3.74. The fourth-order valence-electron chi connectivity index (χ4n) is 2.06. The Morgan fingerprint density at radius 3 is 1.67 bits per heavy atom. The van der Waals surface area contributed by atoms with Crippen LogP contribution in [0.25, 0.3) is 0 Å². The van der Waals surface area contributed by atoms with Crippen LogP contribution in [-0.4, -0.2) is 31.3 Å². The molecular weight excluding hydrogens is 237 g/mol. The topological polar surface area (TPSA) is 0 Å². The van der Waals surface area contributed by atoms with Gasteiger partial charge >= 0.3 is 20.3 Å². The molecule has 1 saturated heterocycles. The second-order valence-electron chi connectivity index (χ2n) is 3.90. The first-order valence-corrected chi connectivity index (χ1v) is 7.05. The van der Waals surface area contributed by atoms with Crippen molar-refractivity contribution in [3.05, 3.63) is 0 Å². The Morgan fingerprint density at radius 1 is 0.867 bits per heavy atom. The predicted molar refractivity (Wildman–Crippen MR) is 45.1 cm³/mol. The zero-order valence-electron chi connectivity index (χ0n) is 7.96. The van der Waals surface area contributed by atoms with Crippen molar-refractivity contribution >= 4 is 14.1 Å². The van der Waals surface area contributed by atoms with Gasteiger partial charge in [0.25, 0.3) is 6.43 Å². The second-order valence-corrected chi connectivity index (χ2v) is 7.29. The van der Waals surface area contributed by atoms with Crippen LogP contribution in [0.1, 0.15) is 19.3 Å². The highest BCUT2D eigenvalue weighted by Crippen LogP contribution is 2.44. The number of hydrogen-bond acceptors (Lipinski definition) is 0. The van der Waals surface area contributed by atoms with Crippen molar-refractivity contribution in [2.45, 2.75) is 47.0 Å². The molecule has 0 aliphatic carbocycles. The van der Waals surface area contributed by atoms with Gasteiger partial charge < -0.3 is 0 Å². The quantitative estimate of drug-likeness (QED) is 0.515. The average molecular weight is 248 g/mol. The Bertz CT molecular complexity index is 210. The Hall–Kier alpha value is 0.112. The molecule has 15 heavy (non-hydrogen) atoms. The summed E-state index contributed by atoms with van der Waals surface area (Å²) in [6, 6.07) is 0. The molecule has 0 saturated carbocycles. The van der Waals surface area contributed by atoms with Crippen LogP contribution in [0.4, 0.5) is 26.3 Å². The lowest BCUT2D eigenvalue weighted by molar-refractivity contribution is -0.235. The summed E-state index contributed by atoms with van der Waals surface area (Å²) in [5.74, 6) is 0. The van der Waals surface area contributed by atoms with Crippen molar-refractivity contribution in [1.82, 2.24) is 0 Å². The van der Waals surface area contributed by atoms with Gasteiger partial charge in [0.05, 0.1) is 0 Å². The van der Waals surface area contributed by atoms with E-state index in [1.54, 1.807) is 0 Å². The number of halogens is 6. The lowest BCUT2D eigenvalue weighted by Crippen LogP contribution is -2.59. The Kier molecular flexibility index (Phi) is 3.99. The molecule has 0 aromatic heterocycles. The maximum atomic E-state index is 13.5. The number of hydrogen-bond donors (Lipinski definition) is 0. The molecule has 1 aliphatic heterocycles. The van der Waals surface area contributed by atoms with Crippen LogP contribution >= 0.6 is 0 Å². The fourth-order valence-corrected chi connectivity index (χ4v) is 5.57. The third-order valence-corrected chi connectivity index (χ3v) is 6.93. The first-order valence-electron chi connectivity index (χ1n) is 4.84. The van der Waals surface area contributed by atoms with Gasteiger partial charge in [0.1, 0.15) is 0 Å². The summed E-state index contributed by atoms with van der Waals surface area (Å²) in [4.78, 5) is 0. The van der Waals surface area contributed by atoms with Crippen molar-refractivity contribution in [3.8, 4) is 0 Å². The molecule has 0 nitrogen and oxygen atoms in total. The van der Waals surface area contributed by atoms with Crippen LogP contribution in [0.15, 0.2) is 0 Å². The Balaban J connectivity index is 2.89. The molecule has 7 heteroatoms. The molecule has 1 heterocycles. The molecule has 0 bridgehead atoms. The molecule has 1 unspecified atom stereocenters. The maximum Gasteiger partial charge on any atom is 0.414 e. The third kappa shape index (κ3) is 2.44. The van der Waals surface area contributed by atoms with Gasteiger partial charge in [0.15, 0.2) is 0 Å². The summed E-state index contributed by atoms with van der Waals surface area (Å²) in [6.45, 7) is 0. The molecule has 1 atom stereocenters. The fraction of sp³-hybridized carbons (Fsp3) is 1.00. The van der Waals surface area contributed by atoms with Crippen LogP contribution < -0.4 is 0 Å². The van der Waals surface area contributed by atoms with Crippen molar-refractivity contribution in [2.24, 2.45) is 0 Å². The van der Waals surface area contributed by atoms with Crippen molar-refractivity contribution in [2.75, 3.05) is 0 Å². The summed E-state index contributed by atoms with van der Waals surface area (Å²) < 4.78 is 70.9. The first-order chi connectivity index (χ1) is 6.80. The second kappa shape index (κ2) is 4.54. The van der Waals surface area contributed by atoms with Crippen molar-refractivity contribution in [1.29, 1.82) is 0 Å². The molecule has 88 valence electrons. The minimum atomic E-state index is -5.42. The molecule has 1 aliphatic rings. The monoisotopic (exact) mass is 248 g/mol. The van der Waals surface area contributed by atoms with Crippen LogP contribution in [-0.2, 0) is 0 Å². The first kappa shape index (κ1) is 13.2. The van der Waals surface area contributed by atoms with E-state index in [1.165, 1.54) is 0 Å². The highest BCUT2D eigenvalue weighted by Gasteiger charge is 2.67. The lowest BCUT2D eigenvalue weighted by Gasteiger charge is -2.33. The zero-order chi connectivity index (χ0) is 11.7. The molecule has 1 rings (SSSR count). The van der Waals surface area contributed by atoms with Gasteiger partial charge in [-0.2, -0.15) is 13.2 Å². The zero-order valence-corrected chi connectivity index (χ0v) is 9.11. The Morgan fingerprint density at radius 2 is 1.33 bits per heavy atom. The molecule has 1 fully saturated rings. The van der Waals surface area contributed by atoms with E-state index in [-0.39, 0.29) is 10.6 Å². The number of rotatable bonds is 2. The molecule has 0 N–H and O–H groups in total. The van der Waals surface area contributed by atoms with Gasteiger partial charge in [-0.25, -0.2) is 13.2 Å². The van der Waals surface area contributed by atoms with Gasteiger partial charge in [-0.3, -0.25) is 0 Å². The minimum Gasteiger partial charge on any atom is -0.245 e. The molecule has 0 aromatic rings. The molecule has 0 radical (unpaired) electrons. The van der Waals surface area contributed by atoms with E-state index in [9.17, 15) is 26.3 Å². The summed E-state index contributed by atoms with van der Waals surface area (Å²) >= 11 is -3.08. The maximum absolute atomic E-state index is 13.5. The van der Waals surface area contributed by atoms with E-state index < -0.39 is 31.3 Å². The standard InChI is InChI=1S/C5H10.C3HF6.Al/c1-3-5-4-2;4-1(2(5)6)3(7,8)9;/h1-5H2;2H;. The van der Waals surface area contributed by atoms with E-state index in [0.717, 1.165) is 6.42 Å². The van der Waals surface area contributed by atoms with Crippen LogP contribution in [0, 0.1) is 0 Å². The summed E-state index contributed by atoms with van der Waals surface area (Å²) in [5.41, 5.74) is 0. The SMILES string of the molecule is FC(F)[C](F)([Al]1[CH2]CCC[CH2]1)C(F)(F)F. The minimum absolute atomic E-state index is 0.0281. The summed E-state index contributed by atoms with van der Waals surface area (Å²) in [7, 11) is 0. The molecule has 0 amide bonds. The molecule has 0 aromatic carbocycles. The van der Waals surface area contributed by atoms with Crippen molar-refractivity contribution in [3.63, 3.8) is 0 Å². The molecule has 0 spiro atoms. The van der Waals surface area contributed by atoms with E-state index in [4.69, 9.17) is 0 Å². The highest BCUT2D eigenvalue weighted by molar-refractivity contribution is 6.62. The average Bonchev–Trinajstić information content (AvgIpc) is 2.16.